The second kappa shape index (κ2) is 6.60. The fourth-order valence-corrected chi connectivity index (χ4v) is 4.43. The van der Waals surface area contributed by atoms with Crippen molar-refractivity contribution in [2.75, 3.05) is 12.0 Å². The number of carbonyl (C=O) groups is 1. The number of sulfonamides is 1. The number of nitrogens with one attached hydrogen (secondary N) is 1. The summed E-state index contributed by atoms with van der Waals surface area (Å²) >= 11 is 0.860. The van der Waals surface area contributed by atoms with Gasteiger partial charge in [-0.3, -0.25) is 4.21 Å². The van der Waals surface area contributed by atoms with E-state index in [9.17, 15) is 17.4 Å². The van der Waals surface area contributed by atoms with Crippen LogP contribution in [0.25, 0.3) is 0 Å². The van der Waals surface area contributed by atoms with E-state index in [1.54, 1.807) is 13.2 Å². The molecule has 1 rings (SSSR count). The van der Waals surface area contributed by atoms with Crippen molar-refractivity contribution in [3.8, 4) is 0 Å². The van der Waals surface area contributed by atoms with Crippen molar-refractivity contribution in [1.82, 2.24) is 4.72 Å². The summed E-state index contributed by atoms with van der Waals surface area (Å²) in [5.74, 6) is -0.749. The van der Waals surface area contributed by atoms with Gasteiger partial charge in [-0.05, 0) is 19.4 Å². The second-order valence-corrected chi connectivity index (χ2v) is 8.45. The average Bonchev–Trinajstić information content (AvgIpc) is 2.75. The normalized spacial score (nSPS) is 15.1. The van der Waals surface area contributed by atoms with Crippen LogP contribution in [0.3, 0.4) is 0 Å². The standard InChI is InChI=1S/C10H15NO5S3/c1-7(3-4-18(2)14)11-19(15,16)9-5-8(6-17-9)10(12)13/h5-7,11H,3-4H2,1-2H3,(H,12,13). The van der Waals surface area contributed by atoms with Crippen molar-refractivity contribution in [1.29, 1.82) is 0 Å². The van der Waals surface area contributed by atoms with Crippen molar-refractivity contribution in [3.05, 3.63) is 17.0 Å². The van der Waals surface area contributed by atoms with Gasteiger partial charge in [0.25, 0.3) is 0 Å². The molecule has 0 saturated heterocycles. The molecule has 0 spiro atoms. The van der Waals surface area contributed by atoms with Gasteiger partial charge in [-0.1, -0.05) is 0 Å². The second-order valence-electron chi connectivity index (χ2n) is 4.05. The molecule has 0 aliphatic heterocycles. The van der Waals surface area contributed by atoms with Gasteiger partial charge in [0.05, 0.1) is 5.56 Å². The van der Waals surface area contributed by atoms with Gasteiger partial charge >= 0.3 is 5.97 Å². The fourth-order valence-electron chi connectivity index (χ4n) is 1.29. The molecule has 0 radical (unpaired) electrons. The van der Waals surface area contributed by atoms with Crippen molar-refractivity contribution in [2.24, 2.45) is 0 Å². The Morgan fingerprint density at radius 2 is 2.21 bits per heavy atom. The Balaban J connectivity index is 2.74. The lowest BCUT2D eigenvalue weighted by atomic mass is 10.3. The lowest BCUT2D eigenvalue weighted by Gasteiger charge is -2.12. The monoisotopic (exact) mass is 325 g/mol. The molecule has 1 aromatic heterocycles. The third kappa shape index (κ3) is 5.01. The van der Waals surface area contributed by atoms with Crippen LogP contribution in [0, 0.1) is 0 Å². The maximum Gasteiger partial charge on any atom is 0.336 e. The van der Waals surface area contributed by atoms with Crippen molar-refractivity contribution in [2.45, 2.75) is 23.6 Å². The third-order valence-corrected chi connectivity index (χ3v) is 6.12. The first-order valence-corrected chi connectivity index (χ1v) is 9.45. The minimum absolute atomic E-state index is 0.0330. The van der Waals surface area contributed by atoms with Crippen LogP contribution in [0.4, 0.5) is 0 Å². The van der Waals surface area contributed by atoms with Crippen LogP contribution < -0.4 is 4.72 Å². The van der Waals surface area contributed by atoms with Crippen LogP contribution in [0.5, 0.6) is 0 Å². The number of rotatable bonds is 7. The van der Waals surface area contributed by atoms with Crippen LogP contribution in [0.2, 0.25) is 0 Å². The van der Waals surface area contributed by atoms with Crippen LogP contribution in [0.15, 0.2) is 15.7 Å². The van der Waals surface area contributed by atoms with Crippen LogP contribution in [0.1, 0.15) is 23.7 Å². The van der Waals surface area contributed by atoms with Gasteiger partial charge in [0, 0.05) is 34.2 Å². The summed E-state index contributed by atoms with van der Waals surface area (Å²) in [7, 11) is -4.68. The van der Waals surface area contributed by atoms with E-state index in [0.29, 0.717) is 12.2 Å². The smallest absolute Gasteiger partial charge is 0.336 e. The topological polar surface area (TPSA) is 101 Å². The number of carboxylic acid groups (broad SMARTS) is 1. The Morgan fingerprint density at radius 1 is 1.58 bits per heavy atom. The molecule has 0 aliphatic carbocycles. The Kier molecular flexibility index (Phi) is 5.65. The first-order chi connectivity index (χ1) is 8.72. The third-order valence-electron chi connectivity index (χ3n) is 2.28. The molecule has 9 heteroatoms. The van der Waals surface area contributed by atoms with Gasteiger partial charge in [0.1, 0.15) is 4.21 Å². The highest BCUT2D eigenvalue weighted by atomic mass is 32.2. The predicted octanol–water partition coefficient (Wildman–Crippen LogP) is 0.882. The molecular weight excluding hydrogens is 310 g/mol. The highest BCUT2D eigenvalue weighted by Gasteiger charge is 2.21. The summed E-state index contributed by atoms with van der Waals surface area (Å²) in [4.78, 5) is 10.7. The van der Waals surface area contributed by atoms with Gasteiger partial charge in [-0.15, -0.1) is 11.3 Å². The van der Waals surface area contributed by atoms with E-state index in [1.807, 2.05) is 0 Å². The Hall–Kier alpha value is -0.770. The minimum atomic E-state index is -3.71. The number of hydrogen-bond acceptors (Lipinski definition) is 5. The van der Waals surface area contributed by atoms with Gasteiger partial charge in [-0.2, -0.15) is 0 Å². The van der Waals surface area contributed by atoms with Crippen molar-refractivity contribution >= 4 is 38.1 Å². The van der Waals surface area contributed by atoms with E-state index in [4.69, 9.17) is 5.11 Å². The Bertz CT molecular complexity index is 578. The van der Waals surface area contributed by atoms with E-state index in [-0.39, 0.29) is 15.8 Å². The number of aromatic carboxylic acids is 1. The average molecular weight is 325 g/mol. The summed E-state index contributed by atoms with van der Waals surface area (Å²) < 4.78 is 37.2. The van der Waals surface area contributed by atoms with Gasteiger partial charge in [0.2, 0.25) is 10.0 Å². The van der Waals surface area contributed by atoms with E-state index in [2.05, 4.69) is 4.72 Å². The van der Waals surface area contributed by atoms with Crippen LogP contribution in [-0.4, -0.2) is 41.8 Å². The SMILES string of the molecule is CC(CCS(C)=O)NS(=O)(=O)c1cc(C(=O)O)cs1. The minimum Gasteiger partial charge on any atom is -0.478 e. The molecule has 1 aromatic rings. The van der Waals surface area contributed by atoms with Crippen LogP contribution >= 0.6 is 11.3 Å². The maximum absolute atomic E-state index is 12.0. The molecule has 2 N–H and O–H groups in total. The highest BCUT2D eigenvalue weighted by molar-refractivity contribution is 7.91. The molecule has 0 amide bonds. The molecule has 0 saturated carbocycles. The van der Waals surface area contributed by atoms with Crippen LogP contribution in [-0.2, 0) is 20.8 Å². The van der Waals surface area contributed by atoms with Gasteiger partial charge in [-0.25, -0.2) is 17.9 Å². The van der Waals surface area contributed by atoms with Gasteiger partial charge in [0.15, 0.2) is 0 Å². The number of carboxylic acids is 1. The highest BCUT2D eigenvalue weighted by Crippen LogP contribution is 2.20. The molecule has 2 unspecified atom stereocenters. The van der Waals surface area contributed by atoms with E-state index < -0.39 is 26.8 Å². The van der Waals surface area contributed by atoms with E-state index in [1.165, 1.54) is 5.38 Å². The van der Waals surface area contributed by atoms with Crippen molar-refractivity contribution in [3.63, 3.8) is 0 Å². The summed E-state index contributed by atoms with van der Waals surface area (Å²) in [6.07, 6.45) is 2.01. The Labute approximate surface area is 118 Å². The molecule has 0 aromatic carbocycles. The molecule has 0 bridgehead atoms. The number of hydrogen-bond donors (Lipinski definition) is 2. The maximum atomic E-state index is 12.0. The molecular formula is C10H15NO5S3. The zero-order chi connectivity index (χ0) is 14.6. The first kappa shape index (κ1) is 16.3. The summed E-state index contributed by atoms with van der Waals surface area (Å²) in [6, 6.07) is 0.768. The molecule has 2 atom stereocenters. The van der Waals surface area contributed by atoms with E-state index >= 15 is 0 Å². The molecule has 19 heavy (non-hydrogen) atoms. The molecule has 6 nitrogen and oxygen atoms in total. The summed E-state index contributed by atoms with van der Waals surface area (Å²) in [5, 5.41) is 10.0. The molecule has 0 aliphatic rings. The summed E-state index contributed by atoms with van der Waals surface area (Å²) in [5.41, 5.74) is -0.0484. The zero-order valence-corrected chi connectivity index (χ0v) is 12.9. The quantitative estimate of drug-likeness (QED) is 0.775. The molecule has 108 valence electrons. The van der Waals surface area contributed by atoms with E-state index in [0.717, 1.165) is 17.4 Å². The summed E-state index contributed by atoms with van der Waals surface area (Å²) in [6.45, 7) is 1.68. The molecule has 1 heterocycles. The lowest BCUT2D eigenvalue weighted by Crippen LogP contribution is -2.33. The lowest BCUT2D eigenvalue weighted by molar-refractivity contribution is 0.0697. The first-order valence-electron chi connectivity index (χ1n) is 5.36. The predicted molar refractivity (Wildman–Crippen MR) is 74.6 cm³/mol. The van der Waals surface area contributed by atoms with Crippen molar-refractivity contribution < 1.29 is 22.5 Å². The fraction of sp³-hybridized carbons (Fsp3) is 0.500. The molecule has 0 fully saturated rings. The largest absolute Gasteiger partial charge is 0.478 e. The zero-order valence-electron chi connectivity index (χ0n) is 10.5. The van der Waals surface area contributed by atoms with Gasteiger partial charge < -0.3 is 5.11 Å². The number of thiophene rings is 1. The Morgan fingerprint density at radius 3 is 2.68 bits per heavy atom.